The third-order valence-corrected chi connectivity index (χ3v) is 4.92. The number of carboxylic acid groups (broad SMARTS) is 1. The molecule has 3 nitrogen and oxygen atoms in total. The monoisotopic (exact) mass is 274 g/mol. The number of unbranched alkanes of at least 4 members (excludes halogenated alkanes) is 1. The molecule has 2 bridgehead atoms. The van der Waals surface area contributed by atoms with Crippen molar-refractivity contribution in [2.75, 3.05) is 0 Å². The van der Waals surface area contributed by atoms with Gasteiger partial charge in [0.2, 0.25) is 0 Å². The Morgan fingerprint density at radius 2 is 2.05 bits per heavy atom. The number of benzene rings is 1. The molecule has 3 unspecified atom stereocenters. The van der Waals surface area contributed by atoms with E-state index in [4.69, 9.17) is 4.74 Å². The Morgan fingerprint density at radius 1 is 1.25 bits per heavy atom. The zero-order chi connectivity index (χ0) is 14.0. The van der Waals surface area contributed by atoms with Crippen molar-refractivity contribution in [1.29, 1.82) is 0 Å². The van der Waals surface area contributed by atoms with Gasteiger partial charge < -0.3 is 9.84 Å². The highest BCUT2D eigenvalue weighted by atomic mass is 16.5. The van der Waals surface area contributed by atoms with Gasteiger partial charge in [0.15, 0.2) is 0 Å². The predicted octanol–water partition coefficient (Wildman–Crippen LogP) is 3.42. The first-order valence-corrected chi connectivity index (χ1v) is 7.63. The zero-order valence-electron chi connectivity index (χ0n) is 11.8. The molecule has 0 aliphatic carbocycles. The highest BCUT2D eigenvalue weighted by Crippen LogP contribution is 2.50. The summed E-state index contributed by atoms with van der Waals surface area (Å²) in [7, 11) is 0. The normalized spacial score (nSPS) is 31.6. The molecule has 108 valence electrons. The number of hydrogen-bond acceptors (Lipinski definition) is 2. The first-order valence-electron chi connectivity index (χ1n) is 7.63. The molecule has 2 saturated heterocycles. The number of ether oxygens (including phenoxy) is 1. The van der Waals surface area contributed by atoms with Crippen molar-refractivity contribution in [3.8, 4) is 0 Å². The number of rotatable bonds is 6. The van der Waals surface area contributed by atoms with Crippen LogP contribution in [0.3, 0.4) is 0 Å². The fourth-order valence-electron chi connectivity index (χ4n) is 3.81. The lowest BCUT2D eigenvalue weighted by molar-refractivity contribution is -0.153. The van der Waals surface area contributed by atoms with Gasteiger partial charge in [0.1, 0.15) is 0 Å². The largest absolute Gasteiger partial charge is 0.481 e. The van der Waals surface area contributed by atoms with Crippen LogP contribution in [0.15, 0.2) is 30.3 Å². The van der Waals surface area contributed by atoms with Gasteiger partial charge >= 0.3 is 5.97 Å². The lowest BCUT2D eigenvalue weighted by Gasteiger charge is -2.30. The second-order valence-electron chi connectivity index (χ2n) is 6.18. The minimum atomic E-state index is -0.649. The third-order valence-electron chi connectivity index (χ3n) is 4.92. The molecule has 3 heteroatoms. The van der Waals surface area contributed by atoms with E-state index in [1.165, 1.54) is 5.56 Å². The molecule has 2 aliphatic rings. The lowest BCUT2D eigenvalue weighted by atomic mass is 9.70. The van der Waals surface area contributed by atoms with Gasteiger partial charge in [-0.05, 0) is 44.1 Å². The molecular weight excluding hydrogens is 252 g/mol. The standard InChI is InChI=1S/C17H22O3/c18-16(19)17(12-14-9-10-15(17)20-14)11-5-4-8-13-6-2-1-3-7-13/h1-3,6-7,14-15H,4-5,8-12H2,(H,18,19). The Labute approximate surface area is 120 Å². The zero-order valence-corrected chi connectivity index (χ0v) is 11.8. The second-order valence-corrected chi connectivity index (χ2v) is 6.18. The van der Waals surface area contributed by atoms with Gasteiger partial charge in [0.05, 0.1) is 17.6 Å². The van der Waals surface area contributed by atoms with Crippen LogP contribution in [0.2, 0.25) is 0 Å². The molecule has 2 heterocycles. The molecule has 2 fully saturated rings. The van der Waals surface area contributed by atoms with E-state index in [-0.39, 0.29) is 12.2 Å². The van der Waals surface area contributed by atoms with Crippen LogP contribution < -0.4 is 0 Å². The minimum absolute atomic E-state index is 0.0401. The Kier molecular flexibility index (Phi) is 3.79. The first kappa shape index (κ1) is 13.6. The van der Waals surface area contributed by atoms with Gasteiger partial charge in [-0.2, -0.15) is 0 Å². The number of aliphatic carboxylic acids is 1. The molecule has 2 aliphatic heterocycles. The topological polar surface area (TPSA) is 46.5 Å². The van der Waals surface area contributed by atoms with Crippen LogP contribution in [0.5, 0.6) is 0 Å². The maximum Gasteiger partial charge on any atom is 0.312 e. The highest BCUT2D eigenvalue weighted by Gasteiger charge is 2.56. The summed E-state index contributed by atoms with van der Waals surface area (Å²) in [6, 6.07) is 10.4. The molecule has 0 aromatic heterocycles. The van der Waals surface area contributed by atoms with Crippen LogP contribution in [0, 0.1) is 5.41 Å². The summed E-state index contributed by atoms with van der Waals surface area (Å²) in [5.41, 5.74) is 0.737. The fraction of sp³-hybridized carbons (Fsp3) is 0.588. The quantitative estimate of drug-likeness (QED) is 0.808. The van der Waals surface area contributed by atoms with Crippen LogP contribution in [-0.2, 0) is 16.0 Å². The molecule has 0 radical (unpaired) electrons. The number of fused-ring (bicyclic) bond motifs is 2. The molecule has 20 heavy (non-hydrogen) atoms. The van der Waals surface area contributed by atoms with Crippen LogP contribution in [0.25, 0.3) is 0 Å². The van der Waals surface area contributed by atoms with Gasteiger partial charge in [0.25, 0.3) is 0 Å². The summed E-state index contributed by atoms with van der Waals surface area (Å²) >= 11 is 0. The van der Waals surface area contributed by atoms with E-state index in [2.05, 4.69) is 24.3 Å². The van der Waals surface area contributed by atoms with E-state index in [1.54, 1.807) is 0 Å². The number of aryl methyl sites for hydroxylation is 1. The van der Waals surface area contributed by atoms with Crippen molar-refractivity contribution in [2.24, 2.45) is 5.41 Å². The molecule has 3 atom stereocenters. The van der Waals surface area contributed by atoms with Gasteiger partial charge in [-0.25, -0.2) is 0 Å². The average Bonchev–Trinajstić information content (AvgIpc) is 3.06. The van der Waals surface area contributed by atoms with E-state index >= 15 is 0 Å². The maximum atomic E-state index is 11.7. The van der Waals surface area contributed by atoms with Gasteiger partial charge in [-0.15, -0.1) is 0 Å². The Morgan fingerprint density at radius 3 is 2.65 bits per heavy atom. The van der Waals surface area contributed by atoms with E-state index < -0.39 is 11.4 Å². The Balaban J connectivity index is 1.53. The Bertz CT molecular complexity index is 470. The third kappa shape index (κ3) is 2.47. The smallest absolute Gasteiger partial charge is 0.312 e. The van der Waals surface area contributed by atoms with Crippen molar-refractivity contribution < 1.29 is 14.6 Å². The van der Waals surface area contributed by atoms with Gasteiger partial charge in [-0.3, -0.25) is 4.79 Å². The van der Waals surface area contributed by atoms with E-state index in [0.717, 1.165) is 44.9 Å². The lowest BCUT2D eigenvalue weighted by Crippen LogP contribution is -2.40. The van der Waals surface area contributed by atoms with E-state index in [0.29, 0.717) is 0 Å². The highest BCUT2D eigenvalue weighted by molar-refractivity contribution is 5.76. The average molecular weight is 274 g/mol. The van der Waals surface area contributed by atoms with E-state index in [9.17, 15) is 9.90 Å². The van der Waals surface area contributed by atoms with Crippen LogP contribution in [0.1, 0.15) is 44.1 Å². The second kappa shape index (κ2) is 5.57. The summed E-state index contributed by atoms with van der Waals surface area (Å²) < 4.78 is 5.78. The van der Waals surface area contributed by atoms with Crippen molar-refractivity contribution >= 4 is 5.97 Å². The summed E-state index contributed by atoms with van der Waals surface area (Å²) in [6.07, 6.45) is 6.66. The Hall–Kier alpha value is -1.35. The van der Waals surface area contributed by atoms with Crippen molar-refractivity contribution in [3.63, 3.8) is 0 Å². The molecule has 1 aromatic carbocycles. The van der Waals surface area contributed by atoms with Crippen molar-refractivity contribution in [1.82, 2.24) is 0 Å². The maximum absolute atomic E-state index is 11.7. The molecule has 1 N–H and O–H groups in total. The molecular formula is C17H22O3. The van der Waals surface area contributed by atoms with Crippen LogP contribution >= 0.6 is 0 Å². The molecule has 0 amide bonds. The SMILES string of the molecule is O=C(O)C1(CCCCc2ccccc2)CC2CCC1O2. The first-order chi connectivity index (χ1) is 9.71. The number of carboxylic acids is 1. The molecule has 1 aromatic rings. The van der Waals surface area contributed by atoms with Crippen LogP contribution in [-0.4, -0.2) is 23.3 Å². The van der Waals surface area contributed by atoms with E-state index in [1.807, 2.05) is 6.07 Å². The summed E-state index contributed by atoms with van der Waals surface area (Å²) in [4.78, 5) is 11.7. The predicted molar refractivity (Wildman–Crippen MR) is 76.6 cm³/mol. The molecule has 0 saturated carbocycles. The van der Waals surface area contributed by atoms with Crippen molar-refractivity contribution in [2.45, 2.75) is 57.2 Å². The van der Waals surface area contributed by atoms with Gasteiger partial charge in [0, 0.05) is 0 Å². The van der Waals surface area contributed by atoms with Crippen molar-refractivity contribution in [3.05, 3.63) is 35.9 Å². The summed E-state index contributed by atoms with van der Waals surface area (Å²) in [5.74, 6) is -0.649. The summed E-state index contributed by atoms with van der Waals surface area (Å²) in [6.45, 7) is 0. The summed E-state index contributed by atoms with van der Waals surface area (Å²) in [5, 5.41) is 9.62. The minimum Gasteiger partial charge on any atom is -0.481 e. The number of hydrogen-bond donors (Lipinski definition) is 1. The molecule has 3 rings (SSSR count). The fourth-order valence-corrected chi connectivity index (χ4v) is 3.81. The number of carbonyl (C=O) groups is 1. The molecule has 0 spiro atoms. The van der Waals surface area contributed by atoms with Crippen LogP contribution in [0.4, 0.5) is 0 Å². The van der Waals surface area contributed by atoms with Gasteiger partial charge in [-0.1, -0.05) is 36.8 Å².